The van der Waals surface area contributed by atoms with Crippen LogP contribution in [0.2, 0.25) is 5.02 Å². The van der Waals surface area contributed by atoms with Crippen molar-refractivity contribution in [2.24, 2.45) is 5.84 Å². The zero-order valence-electron chi connectivity index (χ0n) is 10.2. The smallest absolute Gasteiger partial charge is 0.239 e. The molecular formula is C12H14ClN5. The number of nitrogen functional groups attached to an aromatic ring is 1. The Bertz CT molecular complexity index is 550. The normalized spacial score (nSPS) is 10.2. The second-order valence-corrected chi connectivity index (χ2v) is 4.33. The molecule has 1 aromatic heterocycles. The van der Waals surface area contributed by atoms with Crippen molar-refractivity contribution in [2.75, 3.05) is 10.7 Å². The molecule has 0 saturated heterocycles. The Hall–Kier alpha value is -1.85. The van der Waals surface area contributed by atoms with Gasteiger partial charge in [0.2, 0.25) is 5.95 Å². The van der Waals surface area contributed by atoms with Crippen LogP contribution in [0.4, 0.5) is 17.5 Å². The first-order chi connectivity index (χ1) is 8.61. The van der Waals surface area contributed by atoms with E-state index in [0.29, 0.717) is 16.8 Å². The molecular weight excluding hydrogens is 250 g/mol. The first-order valence-electron chi connectivity index (χ1n) is 5.44. The van der Waals surface area contributed by atoms with Gasteiger partial charge in [-0.1, -0.05) is 23.7 Å². The quantitative estimate of drug-likeness (QED) is 0.586. The van der Waals surface area contributed by atoms with Gasteiger partial charge in [0.05, 0.1) is 10.7 Å². The maximum atomic E-state index is 6.16. The molecule has 0 amide bonds. The average molecular weight is 264 g/mol. The zero-order valence-corrected chi connectivity index (χ0v) is 10.9. The van der Waals surface area contributed by atoms with Crippen LogP contribution < -0.4 is 16.6 Å². The topological polar surface area (TPSA) is 75.9 Å². The van der Waals surface area contributed by atoms with E-state index in [2.05, 4.69) is 20.7 Å². The summed E-state index contributed by atoms with van der Waals surface area (Å²) in [6.45, 7) is 3.89. The largest absolute Gasteiger partial charge is 0.338 e. The summed E-state index contributed by atoms with van der Waals surface area (Å²) in [5, 5.41) is 3.85. The van der Waals surface area contributed by atoms with Gasteiger partial charge in [-0.15, -0.1) is 0 Å². The van der Waals surface area contributed by atoms with Crippen molar-refractivity contribution < 1.29 is 0 Å². The number of aryl methyl sites for hydroxylation is 2. The minimum absolute atomic E-state index is 0.354. The van der Waals surface area contributed by atoms with Crippen LogP contribution in [0.5, 0.6) is 0 Å². The number of nitrogens with zero attached hydrogens (tertiary/aromatic N) is 2. The molecule has 0 saturated carbocycles. The molecule has 2 aromatic rings. The third-order valence-corrected chi connectivity index (χ3v) is 2.88. The molecule has 5 nitrogen and oxygen atoms in total. The van der Waals surface area contributed by atoms with Crippen molar-refractivity contribution in [3.05, 3.63) is 40.5 Å². The third kappa shape index (κ3) is 2.52. The highest BCUT2D eigenvalue weighted by molar-refractivity contribution is 6.33. The summed E-state index contributed by atoms with van der Waals surface area (Å²) >= 11 is 6.16. The van der Waals surface area contributed by atoms with Gasteiger partial charge < -0.3 is 5.32 Å². The first-order valence-corrected chi connectivity index (χ1v) is 5.82. The van der Waals surface area contributed by atoms with Crippen molar-refractivity contribution in [1.29, 1.82) is 0 Å². The Morgan fingerprint density at radius 2 is 2.00 bits per heavy atom. The lowest BCUT2D eigenvalue weighted by atomic mass is 10.2. The van der Waals surface area contributed by atoms with E-state index < -0.39 is 0 Å². The molecule has 4 N–H and O–H groups in total. The summed E-state index contributed by atoms with van der Waals surface area (Å²) in [4.78, 5) is 8.27. The highest BCUT2D eigenvalue weighted by Crippen LogP contribution is 2.29. The summed E-state index contributed by atoms with van der Waals surface area (Å²) in [7, 11) is 0. The van der Waals surface area contributed by atoms with Gasteiger partial charge in [0, 0.05) is 11.8 Å². The molecule has 0 bridgehead atoms. The van der Waals surface area contributed by atoms with Gasteiger partial charge >= 0.3 is 0 Å². The van der Waals surface area contributed by atoms with Gasteiger partial charge in [0.15, 0.2) is 0 Å². The first kappa shape index (κ1) is 12.6. The Labute approximate surface area is 110 Å². The lowest BCUT2D eigenvalue weighted by Gasteiger charge is -2.13. The molecule has 0 aliphatic heterocycles. The number of nitrogens with one attached hydrogen (secondary N) is 2. The Balaban J connectivity index is 2.39. The average Bonchev–Trinajstić information content (AvgIpc) is 2.36. The van der Waals surface area contributed by atoms with Crippen LogP contribution in [0, 0.1) is 13.8 Å². The molecule has 6 heteroatoms. The molecule has 0 fully saturated rings. The molecule has 0 spiro atoms. The number of para-hydroxylation sites is 1. The molecule has 18 heavy (non-hydrogen) atoms. The molecule has 0 aliphatic carbocycles. The molecule has 1 heterocycles. The van der Waals surface area contributed by atoms with Crippen molar-refractivity contribution in [2.45, 2.75) is 13.8 Å². The fourth-order valence-corrected chi connectivity index (χ4v) is 1.82. The van der Waals surface area contributed by atoms with Gasteiger partial charge in [-0.25, -0.2) is 10.8 Å². The lowest BCUT2D eigenvalue weighted by molar-refractivity contribution is 1.09. The minimum atomic E-state index is 0.354. The minimum Gasteiger partial charge on any atom is -0.338 e. The van der Waals surface area contributed by atoms with Crippen LogP contribution in [0.1, 0.15) is 11.1 Å². The van der Waals surface area contributed by atoms with Crippen LogP contribution >= 0.6 is 11.6 Å². The predicted octanol–water partition coefficient (Wildman–Crippen LogP) is 2.78. The van der Waals surface area contributed by atoms with Crippen molar-refractivity contribution in [3.8, 4) is 0 Å². The molecule has 2 rings (SSSR count). The molecule has 0 aliphatic rings. The number of nitrogens with two attached hydrogens (primary N) is 1. The van der Waals surface area contributed by atoms with Crippen LogP contribution in [0.3, 0.4) is 0 Å². The van der Waals surface area contributed by atoms with E-state index in [1.165, 1.54) is 0 Å². The number of hydrogen-bond donors (Lipinski definition) is 3. The van der Waals surface area contributed by atoms with E-state index >= 15 is 0 Å². The van der Waals surface area contributed by atoms with Crippen LogP contribution in [-0.2, 0) is 0 Å². The summed E-state index contributed by atoms with van der Waals surface area (Å²) in [6.07, 6.45) is 1.69. The maximum absolute atomic E-state index is 6.16. The number of hydrogen-bond acceptors (Lipinski definition) is 5. The Kier molecular flexibility index (Phi) is 3.64. The van der Waals surface area contributed by atoms with Gasteiger partial charge in [-0.2, -0.15) is 4.98 Å². The fraction of sp³-hybridized carbons (Fsp3) is 0.167. The molecule has 1 aromatic carbocycles. The van der Waals surface area contributed by atoms with Gasteiger partial charge in [-0.3, -0.25) is 5.43 Å². The zero-order chi connectivity index (χ0) is 13.1. The van der Waals surface area contributed by atoms with E-state index in [1.54, 1.807) is 6.20 Å². The van der Waals surface area contributed by atoms with E-state index in [1.807, 2.05) is 32.0 Å². The van der Waals surface area contributed by atoms with Crippen molar-refractivity contribution in [1.82, 2.24) is 9.97 Å². The second kappa shape index (κ2) is 5.20. The fourth-order valence-electron chi connectivity index (χ4n) is 1.55. The van der Waals surface area contributed by atoms with Gasteiger partial charge in [0.25, 0.3) is 0 Å². The monoisotopic (exact) mass is 263 g/mol. The number of rotatable bonds is 3. The second-order valence-electron chi connectivity index (χ2n) is 3.93. The predicted molar refractivity (Wildman–Crippen MR) is 74.1 cm³/mol. The molecule has 0 atom stereocenters. The van der Waals surface area contributed by atoms with E-state index in [4.69, 9.17) is 17.4 Å². The third-order valence-electron chi connectivity index (χ3n) is 2.57. The van der Waals surface area contributed by atoms with E-state index in [9.17, 15) is 0 Å². The number of anilines is 3. The molecule has 94 valence electrons. The number of aromatic nitrogens is 2. The van der Waals surface area contributed by atoms with Crippen molar-refractivity contribution in [3.63, 3.8) is 0 Å². The Morgan fingerprint density at radius 3 is 2.67 bits per heavy atom. The van der Waals surface area contributed by atoms with Crippen molar-refractivity contribution >= 4 is 29.1 Å². The molecule has 0 unspecified atom stereocenters. The summed E-state index contributed by atoms with van der Waals surface area (Å²) < 4.78 is 0. The summed E-state index contributed by atoms with van der Waals surface area (Å²) in [6, 6.07) is 5.71. The van der Waals surface area contributed by atoms with Crippen LogP contribution in [-0.4, -0.2) is 9.97 Å². The van der Waals surface area contributed by atoms with Gasteiger partial charge in [-0.05, 0) is 25.5 Å². The van der Waals surface area contributed by atoms with E-state index in [-0.39, 0.29) is 0 Å². The van der Waals surface area contributed by atoms with Crippen LogP contribution in [0.15, 0.2) is 24.4 Å². The van der Waals surface area contributed by atoms with E-state index in [0.717, 1.165) is 16.8 Å². The summed E-state index contributed by atoms with van der Waals surface area (Å²) in [5.74, 6) is 6.32. The van der Waals surface area contributed by atoms with Crippen LogP contribution in [0.25, 0.3) is 0 Å². The highest BCUT2D eigenvalue weighted by Gasteiger charge is 2.08. The lowest BCUT2D eigenvalue weighted by Crippen LogP contribution is -2.12. The number of benzene rings is 1. The SMILES string of the molecule is Cc1cnc(NN)nc1Nc1c(C)cccc1Cl. The number of hydrazine groups is 1. The van der Waals surface area contributed by atoms with Gasteiger partial charge in [0.1, 0.15) is 5.82 Å². The highest BCUT2D eigenvalue weighted by atomic mass is 35.5. The number of halogens is 1. The standard InChI is InChI=1S/C12H14ClN5/c1-7-4-3-5-9(13)10(7)16-11-8(2)6-15-12(17-11)18-14/h3-6H,14H2,1-2H3,(H2,15,16,17,18). The Morgan fingerprint density at radius 1 is 1.22 bits per heavy atom. The maximum Gasteiger partial charge on any atom is 0.239 e. The molecule has 0 radical (unpaired) electrons. The summed E-state index contributed by atoms with van der Waals surface area (Å²) in [5.41, 5.74) is 5.21.